The SMILES string of the molecule is C/C=C/C=C/C(=O)OCC(=O)Nc1sc2c(c1C(=O)OCC)CC[C@@H](C)C2. The number of thiophene rings is 1. The van der Waals surface area contributed by atoms with Crippen LogP contribution in [0, 0.1) is 5.92 Å². The van der Waals surface area contributed by atoms with Gasteiger partial charge in [-0.15, -0.1) is 11.3 Å². The summed E-state index contributed by atoms with van der Waals surface area (Å²) in [6, 6.07) is 0. The molecular weight excluding hydrogens is 366 g/mol. The van der Waals surface area contributed by atoms with Crippen LogP contribution >= 0.6 is 11.3 Å². The van der Waals surface area contributed by atoms with E-state index in [0.29, 0.717) is 16.5 Å². The fourth-order valence-electron chi connectivity index (χ4n) is 2.85. The standard InChI is InChI=1S/C20H25NO5S/c1-4-6-7-8-17(23)26-12-16(22)21-19-18(20(24)25-5-2)14-10-9-13(3)11-15(14)27-19/h4,6-8,13H,5,9-12H2,1-3H3,(H,21,22)/b6-4+,8-7+/t13-/m1/s1. The number of hydrogen-bond acceptors (Lipinski definition) is 6. The lowest BCUT2D eigenvalue weighted by molar-refractivity contribution is -0.142. The number of carbonyl (C=O) groups excluding carboxylic acids is 3. The highest BCUT2D eigenvalue weighted by Crippen LogP contribution is 2.40. The number of fused-ring (bicyclic) bond motifs is 1. The Kier molecular flexibility index (Phi) is 7.79. The van der Waals surface area contributed by atoms with E-state index < -0.39 is 24.5 Å². The molecule has 0 bridgehead atoms. The van der Waals surface area contributed by atoms with Gasteiger partial charge in [0.1, 0.15) is 5.00 Å². The summed E-state index contributed by atoms with van der Waals surface area (Å²) in [6.07, 6.45) is 8.90. The third-order valence-corrected chi connectivity index (χ3v) is 5.30. The maximum atomic E-state index is 12.4. The fourth-order valence-corrected chi connectivity index (χ4v) is 4.27. The molecule has 1 aromatic heterocycles. The second-order valence-corrected chi connectivity index (χ2v) is 7.42. The van der Waals surface area contributed by atoms with Crippen LogP contribution in [0.4, 0.5) is 5.00 Å². The first-order valence-electron chi connectivity index (χ1n) is 9.03. The lowest BCUT2D eigenvalue weighted by atomic mass is 9.88. The predicted octanol–water partition coefficient (Wildman–Crippen LogP) is 3.66. The van der Waals surface area contributed by atoms with Crippen LogP contribution in [0.3, 0.4) is 0 Å². The molecule has 1 heterocycles. The number of nitrogens with one attached hydrogen (secondary N) is 1. The van der Waals surface area contributed by atoms with Crippen molar-refractivity contribution < 1.29 is 23.9 Å². The van der Waals surface area contributed by atoms with Crippen LogP contribution in [0.5, 0.6) is 0 Å². The van der Waals surface area contributed by atoms with E-state index in [1.165, 1.54) is 23.5 Å². The summed E-state index contributed by atoms with van der Waals surface area (Å²) >= 11 is 1.40. The minimum absolute atomic E-state index is 0.267. The molecule has 27 heavy (non-hydrogen) atoms. The second kappa shape index (κ2) is 10.1. The van der Waals surface area contributed by atoms with Gasteiger partial charge in [0.15, 0.2) is 6.61 Å². The van der Waals surface area contributed by atoms with Crippen molar-refractivity contribution in [3.8, 4) is 0 Å². The van der Waals surface area contributed by atoms with Crippen molar-refractivity contribution in [3.05, 3.63) is 40.3 Å². The topological polar surface area (TPSA) is 81.7 Å². The Morgan fingerprint density at radius 2 is 2.04 bits per heavy atom. The predicted molar refractivity (Wildman–Crippen MR) is 105 cm³/mol. The lowest BCUT2D eigenvalue weighted by Crippen LogP contribution is -2.21. The highest BCUT2D eigenvalue weighted by Gasteiger charge is 2.29. The van der Waals surface area contributed by atoms with Crippen LogP contribution in [-0.4, -0.2) is 31.1 Å². The van der Waals surface area contributed by atoms with Gasteiger partial charge >= 0.3 is 11.9 Å². The normalized spacial score (nSPS) is 16.3. The molecule has 0 aliphatic heterocycles. The van der Waals surface area contributed by atoms with Gasteiger partial charge in [0.2, 0.25) is 0 Å². The highest BCUT2D eigenvalue weighted by atomic mass is 32.1. The second-order valence-electron chi connectivity index (χ2n) is 6.32. The van der Waals surface area contributed by atoms with Gasteiger partial charge in [-0.05, 0) is 44.6 Å². The van der Waals surface area contributed by atoms with Crippen LogP contribution < -0.4 is 5.32 Å². The van der Waals surface area contributed by atoms with Crippen molar-refractivity contribution >= 4 is 34.2 Å². The quantitative estimate of drug-likeness (QED) is 0.436. The minimum Gasteiger partial charge on any atom is -0.462 e. The van der Waals surface area contributed by atoms with Gasteiger partial charge in [0.25, 0.3) is 5.91 Å². The first kappa shape index (κ1) is 20.9. The summed E-state index contributed by atoms with van der Waals surface area (Å²) in [5.74, 6) is -0.973. The van der Waals surface area contributed by atoms with E-state index in [4.69, 9.17) is 9.47 Å². The molecule has 7 heteroatoms. The van der Waals surface area contributed by atoms with E-state index >= 15 is 0 Å². The molecule has 0 saturated heterocycles. The number of esters is 2. The molecule has 2 rings (SSSR count). The van der Waals surface area contributed by atoms with Crippen molar-refractivity contribution in [2.24, 2.45) is 5.92 Å². The number of hydrogen-bond donors (Lipinski definition) is 1. The van der Waals surface area contributed by atoms with Crippen molar-refractivity contribution in [1.82, 2.24) is 0 Å². The molecule has 146 valence electrons. The van der Waals surface area contributed by atoms with E-state index in [1.54, 1.807) is 19.1 Å². The van der Waals surface area contributed by atoms with Crippen molar-refractivity contribution in [1.29, 1.82) is 0 Å². The van der Waals surface area contributed by atoms with E-state index in [2.05, 4.69) is 12.2 Å². The number of ether oxygens (including phenoxy) is 2. The first-order valence-corrected chi connectivity index (χ1v) is 9.85. The molecule has 1 N–H and O–H groups in total. The van der Waals surface area contributed by atoms with Crippen LogP contribution in [0.15, 0.2) is 24.3 Å². The Bertz CT molecular complexity index is 763. The lowest BCUT2D eigenvalue weighted by Gasteiger charge is -2.18. The van der Waals surface area contributed by atoms with E-state index in [1.807, 2.05) is 6.92 Å². The smallest absolute Gasteiger partial charge is 0.341 e. The molecule has 0 saturated carbocycles. The molecule has 0 aromatic carbocycles. The molecule has 0 radical (unpaired) electrons. The Balaban J connectivity index is 2.09. The van der Waals surface area contributed by atoms with E-state index in [-0.39, 0.29) is 6.61 Å². The third-order valence-electron chi connectivity index (χ3n) is 4.13. The monoisotopic (exact) mass is 391 g/mol. The van der Waals surface area contributed by atoms with Gasteiger partial charge < -0.3 is 14.8 Å². The zero-order valence-electron chi connectivity index (χ0n) is 15.9. The molecular formula is C20H25NO5S. The van der Waals surface area contributed by atoms with Gasteiger partial charge in [-0.1, -0.05) is 25.2 Å². The summed E-state index contributed by atoms with van der Waals surface area (Å²) in [4.78, 5) is 37.2. The maximum Gasteiger partial charge on any atom is 0.341 e. The summed E-state index contributed by atoms with van der Waals surface area (Å²) in [7, 11) is 0. The molecule has 1 atom stereocenters. The Morgan fingerprint density at radius 3 is 2.74 bits per heavy atom. The fraction of sp³-hybridized carbons (Fsp3) is 0.450. The highest BCUT2D eigenvalue weighted by molar-refractivity contribution is 7.17. The van der Waals surface area contributed by atoms with Crippen LogP contribution in [0.1, 0.15) is 48.0 Å². The van der Waals surface area contributed by atoms with Gasteiger partial charge in [-0.3, -0.25) is 4.79 Å². The van der Waals surface area contributed by atoms with Gasteiger partial charge in [0, 0.05) is 11.0 Å². The molecule has 1 aliphatic carbocycles. The Labute approximate surface area is 163 Å². The molecule has 6 nitrogen and oxygen atoms in total. The van der Waals surface area contributed by atoms with Gasteiger partial charge in [0.05, 0.1) is 12.2 Å². The maximum absolute atomic E-state index is 12.4. The van der Waals surface area contributed by atoms with Gasteiger partial charge in [-0.2, -0.15) is 0 Å². The van der Waals surface area contributed by atoms with E-state index in [0.717, 1.165) is 29.7 Å². The van der Waals surface area contributed by atoms with Crippen LogP contribution in [-0.2, 0) is 31.9 Å². The number of rotatable bonds is 7. The third kappa shape index (κ3) is 5.79. The summed E-state index contributed by atoms with van der Waals surface area (Å²) in [5, 5.41) is 3.18. The number of allylic oxidation sites excluding steroid dienone is 3. The molecule has 1 aromatic rings. The van der Waals surface area contributed by atoms with Crippen molar-refractivity contribution in [2.75, 3.05) is 18.5 Å². The number of amides is 1. The van der Waals surface area contributed by atoms with Crippen molar-refractivity contribution in [3.63, 3.8) is 0 Å². The first-order chi connectivity index (χ1) is 13.0. The van der Waals surface area contributed by atoms with E-state index in [9.17, 15) is 14.4 Å². The molecule has 0 fully saturated rings. The average molecular weight is 391 g/mol. The van der Waals surface area contributed by atoms with Crippen LogP contribution in [0.2, 0.25) is 0 Å². The summed E-state index contributed by atoms with van der Waals surface area (Å²) < 4.78 is 10.1. The number of anilines is 1. The Morgan fingerprint density at radius 1 is 1.26 bits per heavy atom. The zero-order valence-corrected chi connectivity index (χ0v) is 16.7. The summed E-state index contributed by atoms with van der Waals surface area (Å²) in [6.45, 7) is 5.60. The molecule has 0 spiro atoms. The average Bonchev–Trinajstić information content (AvgIpc) is 2.97. The molecule has 0 unspecified atom stereocenters. The summed E-state index contributed by atoms with van der Waals surface area (Å²) in [5.41, 5.74) is 1.41. The van der Waals surface area contributed by atoms with Crippen molar-refractivity contribution in [2.45, 2.75) is 40.0 Å². The zero-order chi connectivity index (χ0) is 19.8. The molecule has 1 amide bonds. The number of carbonyl (C=O) groups is 3. The largest absolute Gasteiger partial charge is 0.462 e. The minimum atomic E-state index is -0.604. The van der Waals surface area contributed by atoms with Gasteiger partial charge in [-0.25, -0.2) is 9.59 Å². The van der Waals surface area contributed by atoms with Crippen LogP contribution in [0.25, 0.3) is 0 Å². The Hall–Kier alpha value is -2.41. The molecule has 1 aliphatic rings.